The molecule has 0 radical (unpaired) electrons. The van der Waals surface area contributed by atoms with Crippen molar-refractivity contribution in [2.24, 2.45) is 11.8 Å². The lowest BCUT2D eigenvalue weighted by Crippen LogP contribution is -2.50. The fourth-order valence-corrected chi connectivity index (χ4v) is 4.39. The van der Waals surface area contributed by atoms with E-state index in [1.165, 1.54) is 25.7 Å². The summed E-state index contributed by atoms with van der Waals surface area (Å²) in [4.78, 5) is 13.8. The van der Waals surface area contributed by atoms with Crippen molar-refractivity contribution in [3.63, 3.8) is 0 Å². The number of benzene rings is 1. The number of thiocarbonyl (C=S) groups is 1. The summed E-state index contributed by atoms with van der Waals surface area (Å²) in [6.45, 7) is 0.295. The third-order valence-electron chi connectivity index (χ3n) is 5.06. The maximum Gasteiger partial charge on any atom is 0.244 e. The number of anilines is 2. The van der Waals surface area contributed by atoms with Crippen molar-refractivity contribution < 1.29 is 4.79 Å². The Morgan fingerprint density at radius 3 is 2.90 bits per heavy atom. The number of carbonyl (C=O) groups is 1. The standard InChI is InChI=1S/C16H19N3OS/c20-15-9-19(14-4-2-1-3-12(14)17-15)16(21)18-13-8-10-5-6-11(13)7-10/h1-4,10-11,13H,5-9H2,(H,17,20)(H,18,21). The van der Waals surface area contributed by atoms with Crippen LogP contribution in [0, 0.1) is 11.8 Å². The van der Waals surface area contributed by atoms with Crippen LogP contribution in [0.2, 0.25) is 0 Å². The Kier molecular flexibility index (Phi) is 3.10. The fourth-order valence-electron chi connectivity index (χ4n) is 4.07. The minimum atomic E-state index is -0.00853. The van der Waals surface area contributed by atoms with E-state index >= 15 is 0 Å². The average molecular weight is 301 g/mol. The molecular formula is C16H19N3OS. The molecule has 110 valence electrons. The molecular weight excluding hydrogens is 282 g/mol. The van der Waals surface area contributed by atoms with Crippen molar-refractivity contribution in [3.05, 3.63) is 24.3 Å². The Hall–Kier alpha value is -1.62. The molecule has 3 atom stereocenters. The summed E-state index contributed by atoms with van der Waals surface area (Å²) >= 11 is 5.59. The van der Waals surface area contributed by atoms with Gasteiger partial charge in [-0.3, -0.25) is 4.79 Å². The Balaban J connectivity index is 1.53. The number of nitrogens with one attached hydrogen (secondary N) is 2. The van der Waals surface area contributed by atoms with E-state index in [-0.39, 0.29) is 5.91 Å². The molecule has 3 unspecified atom stereocenters. The molecule has 2 fully saturated rings. The molecule has 1 aromatic rings. The summed E-state index contributed by atoms with van der Waals surface area (Å²) in [6, 6.07) is 8.31. The van der Waals surface area contributed by atoms with E-state index in [2.05, 4.69) is 10.6 Å². The van der Waals surface area contributed by atoms with Gasteiger partial charge in [-0.05, 0) is 55.4 Å². The second kappa shape index (κ2) is 4.98. The van der Waals surface area contributed by atoms with Crippen LogP contribution >= 0.6 is 12.2 Å². The number of hydrogen-bond donors (Lipinski definition) is 2. The first-order chi connectivity index (χ1) is 10.2. The second-order valence-corrected chi connectivity index (χ2v) is 6.77. The number of para-hydroxylation sites is 2. The summed E-state index contributed by atoms with van der Waals surface area (Å²) in [5.41, 5.74) is 1.82. The smallest absolute Gasteiger partial charge is 0.244 e. The van der Waals surface area contributed by atoms with Crippen LogP contribution < -0.4 is 15.5 Å². The van der Waals surface area contributed by atoms with Crippen molar-refractivity contribution in [3.8, 4) is 0 Å². The summed E-state index contributed by atoms with van der Waals surface area (Å²) in [6.07, 6.45) is 5.27. The van der Waals surface area contributed by atoms with Crippen molar-refractivity contribution >= 4 is 34.6 Å². The van der Waals surface area contributed by atoms with Crippen LogP contribution in [-0.4, -0.2) is 23.6 Å². The van der Waals surface area contributed by atoms with Gasteiger partial charge in [-0.25, -0.2) is 0 Å². The van der Waals surface area contributed by atoms with E-state index in [1.54, 1.807) is 0 Å². The van der Waals surface area contributed by atoms with Crippen LogP contribution in [0.15, 0.2) is 24.3 Å². The predicted octanol–water partition coefficient (Wildman–Crippen LogP) is 2.51. The van der Waals surface area contributed by atoms with Gasteiger partial charge in [-0.15, -0.1) is 0 Å². The van der Waals surface area contributed by atoms with E-state index in [0.717, 1.165) is 23.2 Å². The van der Waals surface area contributed by atoms with Gasteiger partial charge >= 0.3 is 0 Å². The Labute approximate surface area is 129 Å². The highest BCUT2D eigenvalue weighted by Gasteiger charge is 2.40. The largest absolute Gasteiger partial charge is 0.359 e. The summed E-state index contributed by atoms with van der Waals surface area (Å²) in [7, 11) is 0. The molecule has 1 amide bonds. The Morgan fingerprint density at radius 2 is 2.14 bits per heavy atom. The predicted molar refractivity (Wildman–Crippen MR) is 87.4 cm³/mol. The highest BCUT2D eigenvalue weighted by Crippen LogP contribution is 2.44. The maximum absolute atomic E-state index is 11.9. The Bertz CT molecular complexity index is 603. The number of nitrogens with zero attached hydrogens (tertiary/aromatic N) is 1. The molecule has 4 rings (SSSR count). The van der Waals surface area contributed by atoms with Crippen molar-refractivity contribution in [2.75, 3.05) is 16.8 Å². The van der Waals surface area contributed by atoms with Gasteiger partial charge in [0.1, 0.15) is 6.54 Å². The molecule has 21 heavy (non-hydrogen) atoms. The molecule has 2 aliphatic carbocycles. The number of hydrogen-bond acceptors (Lipinski definition) is 2. The number of carbonyl (C=O) groups excluding carboxylic acids is 1. The first-order valence-corrected chi connectivity index (χ1v) is 8.08. The molecule has 1 heterocycles. The quantitative estimate of drug-likeness (QED) is 0.782. The normalized spacial score (nSPS) is 30.0. The lowest BCUT2D eigenvalue weighted by molar-refractivity contribution is -0.115. The minimum absolute atomic E-state index is 0.00853. The molecule has 2 saturated carbocycles. The molecule has 2 bridgehead atoms. The fraction of sp³-hybridized carbons (Fsp3) is 0.500. The molecule has 0 spiro atoms. The van der Waals surface area contributed by atoms with Gasteiger partial charge in [0.05, 0.1) is 11.4 Å². The summed E-state index contributed by atoms with van der Waals surface area (Å²) < 4.78 is 0. The van der Waals surface area contributed by atoms with E-state index in [0.29, 0.717) is 17.7 Å². The van der Waals surface area contributed by atoms with Crippen molar-refractivity contribution in [1.29, 1.82) is 0 Å². The molecule has 0 aromatic heterocycles. The second-order valence-electron chi connectivity index (χ2n) is 6.38. The minimum Gasteiger partial charge on any atom is -0.359 e. The Morgan fingerprint density at radius 1 is 1.29 bits per heavy atom. The van der Waals surface area contributed by atoms with Gasteiger partial charge in [0.15, 0.2) is 5.11 Å². The first kappa shape index (κ1) is 13.1. The monoisotopic (exact) mass is 301 g/mol. The zero-order valence-corrected chi connectivity index (χ0v) is 12.7. The van der Waals surface area contributed by atoms with Gasteiger partial charge in [0.25, 0.3) is 0 Å². The van der Waals surface area contributed by atoms with Gasteiger partial charge in [0.2, 0.25) is 5.91 Å². The van der Waals surface area contributed by atoms with Gasteiger partial charge in [-0.1, -0.05) is 18.6 Å². The van der Waals surface area contributed by atoms with Crippen LogP contribution in [0.25, 0.3) is 0 Å². The van der Waals surface area contributed by atoms with Crippen LogP contribution in [0.5, 0.6) is 0 Å². The van der Waals surface area contributed by atoms with E-state index in [9.17, 15) is 4.79 Å². The molecule has 4 nitrogen and oxygen atoms in total. The number of amides is 1. The van der Waals surface area contributed by atoms with Crippen molar-refractivity contribution in [2.45, 2.75) is 31.7 Å². The average Bonchev–Trinajstić information content (AvgIpc) is 3.08. The number of fused-ring (bicyclic) bond motifs is 3. The van der Waals surface area contributed by atoms with Crippen LogP contribution in [0.1, 0.15) is 25.7 Å². The third-order valence-corrected chi connectivity index (χ3v) is 5.40. The molecule has 5 heteroatoms. The lowest BCUT2D eigenvalue weighted by atomic mass is 9.95. The maximum atomic E-state index is 11.9. The molecule has 1 aliphatic heterocycles. The van der Waals surface area contributed by atoms with Gasteiger partial charge < -0.3 is 15.5 Å². The first-order valence-electron chi connectivity index (χ1n) is 7.67. The number of rotatable bonds is 1. The SMILES string of the molecule is O=C1CN(C(=S)NC2CC3CCC2C3)c2ccccc2N1. The van der Waals surface area contributed by atoms with Gasteiger partial charge in [-0.2, -0.15) is 0 Å². The van der Waals surface area contributed by atoms with Crippen LogP contribution in [0.4, 0.5) is 11.4 Å². The zero-order chi connectivity index (χ0) is 14.4. The van der Waals surface area contributed by atoms with Gasteiger partial charge in [0, 0.05) is 6.04 Å². The van der Waals surface area contributed by atoms with Crippen LogP contribution in [0.3, 0.4) is 0 Å². The highest BCUT2D eigenvalue weighted by molar-refractivity contribution is 7.80. The molecule has 2 N–H and O–H groups in total. The summed E-state index contributed by atoms with van der Waals surface area (Å²) in [5, 5.41) is 7.11. The highest BCUT2D eigenvalue weighted by atomic mass is 32.1. The topological polar surface area (TPSA) is 44.4 Å². The third kappa shape index (κ3) is 2.29. The zero-order valence-electron chi connectivity index (χ0n) is 11.8. The van der Waals surface area contributed by atoms with E-state index in [4.69, 9.17) is 12.2 Å². The lowest BCUT2D eigenvalue weighted by Gasteiger charge is -2.34. The van der Waals surface area contributed by atoms with E-state index in [1.807, 2.05) is 29.2 Å². The molecule has 1 aromatic carbocycles. The van der Waals surface area contributed by atoms with Crippen LogP contribution in [-0.2, 0) is 4.79 Å². The molecule has 0 saturated heterocycles. The molecule has 3 aliphatic rings. The van der Waals surface area contributed by atoms with Crippen molar-refractivity contribution in [1.82, 2.24) is 5.32 Å². The summed E-state index contributed by atoms with van der Waals surface area (Å²) in [5.74, 6) is 1.64. The van der Waals surface area contributed by atoms with E-state index < -0.39 is 0 Å².